The van der Waals surface area contributed by atoms with Crippen LogP contribution in [0.3, 0.4) is 0 Å². The third kappa shape index (κ3) is 0.511. The summed E-state index contributed by atoms with van der Waals surface area (Å²) >= 11 is 0. The zero-order valence-corrected chi connectivity index (χ0v) is 5.72. The van der Waals surface area contributed by atoms with Crippen molar-refractivity contribution in [2.75, 3.05) is 13.1 Å². The first-order valence-electron chi connectivity index (χ1n) is 3.57. The van der Waals surface area contributed by atoms with Crippen LogP contribution in [0.25, 0.3) is 0 Å². The summed E-state index contributed by atoms with van der Waals surface area (Å²) in [5.41, 5.74) is -1.07. The van der Waals surface area contributed by atoms with Crippen molar-refractivity contribution in [2.45, 2.75) is 18.4 Å². The molecule has 0 radical (unpaired) electrons. The fourth-order valence-electron chi connectivity index (χ4n) is 1.51. The Kier molecular flexibility index (Phi) is 0.936. The molecule has 0 aromatic carbocycles. The maximum atomic E-state index is 9.72. The van der Waals surface area contributed by atoms with Crippen molar-refractivity contribution in [3.05, 3.63) is 0 Å². The predicted molar refractivity (Wildman–Crippen MR) is 35.1 cm³/mol. The lowest BCUT2D eigenvalue weighted by Gasteiger charge is -2.41. The van der Waals surface area contributed by atoms with E-state index in [2.05, 4.69) is 11.4 Å². The molecule has 0 amide bonds. The average molecular weight is 138 g/mol. The van der Waals surface area contributed by atoms with Crippen LogP contribution in [0.2, 0.25) is 0 Å². The minimum atomic E-state index is -0.693. The van der Waals surface area contributed by atoms with Crippen LogP contribution in [0.5, 0.6) is 0 Å². The quantitative estimate of drug-likeness (QED) is 0.519. The van der Waals surface area contributed by atoms with Gasteiger partial charge in [-0.05, 0) is 12.8 Å². The van der Waals surface area contributed by atoms with Crippen LogP contribution in [-0.4, -0.2) is 23.8 Å². The Labute approximate surface area is 59.7 Å². The molecule has 1 heterocycles. The van der Waals surface area contributed by atoms with Crippen molar-refractivity contribution in [1.82, 2.24) is 5.32 Å². The summed E-state index contributed by atoms with van der Waals surface area (Å²) in [5.74, 6) is 0. The number of hydrogen-bond donors (Lipinski definition) is 2. The van der Waals surface area contributed by atoms with E-state index in [0.717, 1.165) is 12.8 Å². The fraction of sp³-hybridized carbons (Fsp3) is 0.857. The van der Waals surface area contributed by atoms with Gasteiger partial charge in [0.25, 0.3) is 0 Å². The van der Waals surface area contributed by atoms with Crippen molar-refractivity contribution in [3.8, 4) is 6.07 Å². The van der Waals surface area contributed by atoms with Crippen LogP contribution in [0.1, 0.15) is 12.8 Å². The smallest absolute Gasteiger partial charge is 0.108 e. The SMILES string of the molecule is N#CC1(C2(O)CNC2)CC1. The lowest BCUT2D eigenvalue weighted by molar-refractivity contribution is -0.0542. The molecule has 0 aromatic heterocycles. The molecular formula is C7H10N2O. The van der Waals surface area contributed by atoms with Crippen molar-refractivity contribution < 1.29 is 5.11 Å². The normalized spacial score (nSPS) is 32.0. The fourth-order valence-corrected chi connectivity index (χ4v) is 1.51. The number of nitrogens with zero attached hydrogens (tertiary/aromatic N) is 1. The molecule has 2 aliphatic rings. The molecule has 0 aromatic rings. The second-order valence-corrected chi connectivity index (χ2v) is 3.33. The van der Waals surface area contributed by atoms with E-state index < -0.39 is 5.60 Å². The first-order valence-corrected chi connectivity index (χ1v) is 3.57. The molecule has 0 spiro atoms. The molecule has 0 unspecified atom stereocenters. The Hall–Kier alpha value is -0.590. The standard InChI is InChI=1S/C7H10N2O/c8-3-6(1-2-6)7(10)4-9-5-7/h9-10H,1-2,4-5H2. The highest BCUT2D eigenvalue weighted by Gasteiger charge is 2.62. The lowest BCUT2D eigenvalue weighted by Crippen LogP contribution is -2.64. The molecule has 1 saturated heterocycles. The van der Waals surface area contributed by atoms with Crippen LogP contribution in [0, 0.1) is 16.7 Å². The third-order valence-electron chi connectivity index (χ3n) is 2.69. The van der Waals surface area contributed by atoms with E-state index >= 15 is 0 Å². The molecule has 3 nitrogen and oxygen atoms in total. The van der Waals surface area contributed by atoms with Crippen LogP contribution in [0.15, 0.2) is 0 Å². The summed E-state index contributed by atoms with van der Waals surface area (Å²) < 4.78 is 0. The van der Waals surface area contributed by atoms with Crippen molar-refractivity contribution in [3.63, 3.8) is 0 Å². The van der Waals surface area contributed by atoms with Gasteiger partial charge >= 0.3 is 0 Å². The second kappa shape index (κ2) is 1.52. The van der Waals surface area contributed by atoms with Crippen molar-refractivity contribution in [1.29, 1.82) is 5.26 Å². The monoisotopic (exact) mass is 138 g/mol. The van der Waals surface area contributed by atoms with E-state index in [1.165, 1.54) is 0 Å². The van der Waals surface area contributed by atoms with Crippen LogP contribution in [0.4, 0.5) is 0 Å². The Morgan fingerprint density at radius 1 is 1.40 bits per heavy atom. The van der Waals surface area contributed by atoms with Gasteiger partial charge in [-0.3, -0.25) is 0 Å². The van der Waals surface area contributed by atoms with E-state index in [0.29, 0.717) is 13.1 Å². The second-order valence-electron chi connectivity index (χ2n) is 3.33. The predicted octanol–water partition coefficient (Wildman–Crippen LogP) is -0.376. The van der Waals surface area contributed by atoms with Crippen molar-refractivity contribution in [2.24, 2.45) is 5.41 Å². The molecule has 0 bridgehead atoms. The van der Waals surface area contributed by atoms with Gasteiger partial charge in [0.15, 0.2) is 0 Å². The Morgan fingerprint density at radius 3 is 2.10 bits per heavy atom. The first kappa shape index (κ1) is 6.14. The summed E-state index contributed by atoms with van der Waals surface area (Å²) in [5, 5.41) is 21.4. The van der Waals surface area contributed by atoms with Gasteiger partial charge in [0, 0.05) is 13.1 Å². The van der Waals surface area contributed by atoms with E-state index in [9.17, 15) is 5.11 Å². The topological polar surface area (TPSA) is 56.0 Å². The molecule has 0 atom stereocenters. The molecule has 10 heavy (non-hydrogen) atoms. The Morgan fingerprint density at radius 2 is 2.00 bits per heavy atom. The molecule has 3 heteroatoms. The van der Waals surface area contributed by atoms with Gasteiger partial charge in [-0.15, -0.1) is 0 Å². The highest BCUT2D eigenvalue weighted by Crippen LogP contribution is 2.54. The van der Waals surface area contributed by atoms with Gasteiger partial charge in [0.05, 0.1) is 11.5 Å². The summed E-state index contributed by atoms with van der Waals surface area (Å²) in [6, 6.07) is 2.20. The van der Waals surface area contributed by atoms with Crippen LogP contribution < -0.4 is 5.32 Å². The maximum Gasteiger partial charge on any atom is 0.108 e. The van der Waals surface area contributed by atoms with E-state index in [1.54, 1.807) is 0 Å². The number of nitrogens with one attached hydrogen (secondary N) is 1. The van der Waals surface area contributed by atoms with E-state index in [1.807, 2.05) is 0 Å². The van der Waals surface area contributed by atoms with Gasteiger partial charge in [-0.1, -0.05) is 0 Å². The largest absolute Gasteiger partial charge is 0.386 e. The summed E-state index contributed by atoms with van der Waals surface area (Å²) in [7, 11) is 0. The van der Waals surface area contributed by atoms with E-state index in [-0.39, 0.29) is 5.41 Å². The molecule has 2 N–H and O–H groups in total. The molecule has 2 rings (SSSR count). The van der Waals surface area contributed by atoms with Gasteiger partial charge in [-0.25, -0.2) is 0 Å². The van der Waals surface area contributed by atoms with E-state index in [4.69, 9.17) is 5.26 Å². The third-order valence-corrected chi connectivity index (χ3v) is 2.69. The lowest BCUT2D eigenvalue weighted by atomic mass is 9.80. The number of rotatable bonds is 1. The molecular weight excluding hydrogens is 128 g/mol. The molecule has 2 fully saturated rings. The van der Waals surface area contributed by atoms with Gasteiger partial charge in [0.2, 0.25) is 0 Å². The first-order chi connectivity index (χ1) is 4.72. The van der Waals surface area contributed by atoms with Gasteiger partial charge in [0.1, 0.15) is 5.60 Å². The zero-order valence-electron chi connectivity index (χ0n) is 5.72. The Bertz CT molecular complexity index is 198. The molecule has 1 saturated carbocycles. The zero-order chi connectivity index (χ0) is 7.24. The van der Waals surface area contributed by atoms with Crippen LogP contribution >= 0.6 is 0 Å². The highest BCUT2D eigenvalue weighted by molar-refractivity contribution is 5.24. The molecule has 54 valence electrons. The van der Waals surface area contributed by atoms with Crippen LogP contribution in [-0.2, 0) is 0 Å². The summed E-state index contributed by atoms with van der Waals surface area (Å²) in [6.45, 7) is 1.20. The minimum absolute atomic E-state index is 0.377. The van der Waals surface area contributed by atoms with Gasteiger partial charge < -0.3 is 10.4 Å². The Balaban J connectivity index is 2.18. The maximum absolute atomic E-state index is 9.72. The number of aliphatic hydroxyl groups is 1. The molecule has 1 aliphatic carbocycles. The number of nitriles is 1. The average Bonchev–Trinajstić information content (AvgIpc) is 2.63. The van der Waals surface area contributed by atoms with Crippen molar-refractivity contribution >= 4 is 0 Å². The number of β-amino-alcohol motifs (C(OH)–C–C–N with tert-alkyl or cyclic N) is 1. The highest BCUT2D eigenvalue weighted by atomic mass is 16.3. The summed E-state index contributed by atoms with van der Waals surface area (Å²) in [6.07, 6.45) is 1.75. The minimum Gasteiger partial charge on any atom is -0.386 e. The molecule has 1 aliphatic heterocycles. The summed E-state index contributed by atoms with van der Waals surface area (Å²) in [4.78, 5) is 0. The van der Waals surface area contributed by atoms with Gasteiger partial charge in [-0.2, -0.15) is 5.26 Å². The number of hydrogen-bond acceptors (Lipinski definition) is 3.